The molecule has 0 spiro atoms. The van der Waals surface area contributed by atoms with E-state index in [1.54, 1.807) is 25.1 Å². The lowest BCUT2D eigenvalue weighted by molar-refractivity contribution is -0.137. The molecule has 1 fully saturated rings. The zero-order valence-electron chi connectivity index (χ0n) is 18.0. The van der Waals surface area contributed by atoms with Gasteiger partial charge in [0, 0.05) is 11.0 Å². The van der Waals surface area contributed by atoms with E-state index in [0.717, 1.165) is 38.1 Å². The fraction of sp³-hybridized carbons (Fsp3) is 0.360. The van der Waals surface area contributed by atoms with Gasteiger partial charge in [-0.1, -0.05) is 30.3 Å². The van der Waals surface area contributed by atoms with Gasteiger partial charge in [-0.25, -0.2) is 0 Å². The smallest absolute Gasteiger partial charge is 0.376 e. The SMILES string of the molecule is Cc1ccc(-c2cc(COCC3(c4ccccc4)CCNCC3)cc(C(F)(F)F)c2)nn1. The zero-order chi connectivity index (χ0) is 22.6. The molecule has 0 unspecified atom stereocenters. The van der Waals surface area contributed by atoms with Crippen LogP contribution in [0.3, 0.4) is 0 Å². The minimum Gasteiger partial charge on any atom is -0.376 e. The number of nitrogens with one attached hydrogen (secondary N) is 1. The topological polar surface area (TPSA) is 47.0 Å². The number of piperidine rings is 1. The number of rotatable bonds is 6. The van der Waals surface area contributed by atoms with E-state index in [4.69, 9.17) is 4.74 Å². The van der Waals surface area contributed by atoms with E-state index in [0.29, 0.717) is 29.1 Å². The summed E-state index contributed by atoms with van der Waals surface area (Å²) in [5.41, 5.74) is 2.32. The van der Waals surface area contributed by atoms with Crippen molar-refractivity contribution in [3.05, 3.63) is 83.0 Å². The summed E-state index contributed by atoms with van der Waals surface area (Å²) in [5, 5.41) is 11.4. The number of nitrogens with zero attached hydrogens (tertiary/aromatic N) is 2. The average molecular weight is 441 g/mol. The molecule has 1 N–H and O–H groups in total. The van der Waals surface area contributed by atoms with E-state index in [2.05, 4.69) is 27.6 Å². The van der Waals surface area contributed by atoms with Crippen LogP contribution in [0.4, 0.5) is 13.2 Å². The van der Waals surface area contributed by atoms with Crippen LogP contribution in [-0.2, 0) is 22.9 Å². The van der Waals surface area contributed by atoms with Crippen LogP contribution in [0, 0.1) is 6.92 Å². The van der Waals surface area contributed by atoms with E-state index in [1.807, 2.05) is 18.2 Å². The largest absolute Gasteiger partial charge is 0.416 e. The summed E-state index contributed by atoms with van der Waals surface area (Å²) < 4.78 is 46.7. The molecule has 168 valence electrons. The summed E-state index contributed by atoms with van der Waals surface area (Å²) >= 11 is 0. The summed E-state index contributed by atoms with van der Waals surface area (Å²) in [6, 6.07) is 17.6. The fourth-order valence-electron chi connectivity index (χ4n) is 4.22. The first kappa shape index (κ1) is 22.4. The van der Waals surface area contributed by atoms with Crippen LogP contribution in [0.1, 0.15) is 35.2 Å². The third kappa shape index (κ3) is 5.16. The maximum absolute atomic E-state index is 13.5. The maximum atomic E-state index is 13.5. The van der Waals surface area contributed by atoms with Crippen molar-refractivity contribution in [2.75, 3.05) is 19.7 Å². The van der Waals surface area contributed by atoms with E-state index in [9.17, 15) is 13.2 Å². The molecule has 0 amide bonds. The van der Waals surface area contributed by atoms with Crippen LogP contribution in [0.5, 0.6) is 0 Å². The van der Waals surface area contributed by atoms with Crippen molar-refractivity contribution in [3.8, 4) is 11.3 Å². The molecule has 4 rings (SSSR count). The van der Waals surface area contributed by atoms with Gasteiger partial charge in [-0.05, 0) is 74.3 Å². The molecule has 1 saturated heterocycles. The minimum absolute atomic E-state index is 0.0955. The number of benzene rings is 2. The highest BCUT2D eigenvalue weighted by Crippen LogP contribution is 2.35. The number of aromatic nitrogens is 2. The van der Waals surface area contributed by atoms with Gasteiger partial charge in [0.25, 0.3) is 0 Å². The Kier molecular flexibility index (Phi) is 6.58. The van der Waals surface area contributed by atoms with Gasteiger partial charge in [0.1, 0.15) is 0 Å². The lowest BCUT2D eigenvalue weighted by Gasteiger charge is -2.38. The monoisotopic (exact) mass is 441 g/mol. The Bertz CT molecular complexity index is 1030. The minimum atomic E-state index is -4.46. The quantitative estimate of drug-likeness (QED) is 0.563. The van der Waals surface area contributed by atoms with Crippen LogP contribution < -0.4 is 5.32 Å². The summed E-state index contributed by atoms with van der Waals surface area (Å²) in [6.45, 7) is 4.11. The number of halogens is 3. The Hall–Kier alpha value is -2.77. The van der Waals surface area contributed by atoms with E-state index in [-0.39, 0.29) is 12.0 Å². The van der Waals surface area contributed by atoms with Crippen molar-refractivity contribution < 1.29 is 17.9 Å². The predicted octanol–water partition coefficient (Wildman–Crippen LogP) is 5.31. The summed E-state index contributed by atoms with van der Waals surface area (Å²) in [6.07, 6.45) is -2.61. The third-order valence-corrected chi connectivity index (χ3v) is 6.01. The summed E-state index contributed by atoms with van der Waals surface area (Å²) in [7, 11) is 0. The molecule has 2 aromatic carbocycles. The maximum Gasteiger partial charge on any atom is 0.416 e. The third-order valence-electron chi connectivity index (χ3n) is 6.01. The highest BCUT2D eigenvalue weighted by atomic mass is 19.4. The molecule has 1 aromatic heterocycles. The van der Waals surface area contributed by atoms with Gasteiger partial charge < -0.3 is 10.1 Å². The molecule has 0 bridgehead atoms. The first-order chi connectivity index (χ1) is 15.4. The summed E-state index contributed by atoms with van der Waals surface area (Å²) in [5.74, 6) is 0. The van der Waals surface area contributed by atoms with Crippen molar-refractivity contribution >= 4 is 0 Å². The molecule has 7 heteroatoms. The molecule has 2 heterocycles. The van der Waals surface area contributed by atoms with Crippen molar-refractivity contribution in [2.24, 2.45) is 0 Å². The molecule has 3 aromatic rings. The number of ether oxygens (including phenoxy) is 1. The van der Waals surface area contributed by atoms with Crippen molar-refractivity contribution in [3.63, 3.8) is 0 Å². The van der Waals surface area contributed by atoms with Crippen LogP contribution in [0.25, 0.3) is 11.3 Å². The molecule has 32 heavy (non-hydrogen) atoms. The Morgan fingerprint density at radius 3 is 2.38 bits per heavy atom. The molecule has 0 atom stereocenters. The molecular weight excluding hydrogens is 415 g/mol. The van der Waals surface area contributed by atoms with Gasteiger partial charge >= 0.3 is 6.18 Å². The molecule has 0 aliphatic carbocycles. The average Bonchev–Trinajstić information content (AvgIpc) is 2.80. The van der Waals surface area contributed by atoms with Gasteiger partial charge in [-0.15, -0.1) is 0 Å². The molecular formula is C25H26F3N3O. The first-order valence-electron chi connectivity index (χ1n) is 10.7. The standard InChI is InChI=1S/C25H26F3N3O/c1-18-7-8-23(31-30-18)20-13-19(14-22(15-20)25(26,27)28)16-32-17-24(9-11-29-12-10-24)21-5-3-2-4-6-21/h2-8,13-15,29H,9-12,16-17H2,1H3. The van der Waals surface area contributed by atoms with Crippen LogP contribution in [-0.4, -0.2) is 29.9 Å². The van der Waals surface area contributed by atoms with Crippen molar-refractivity contribution in [1.82, 2.24) is 15.5 Å². The first-order valence-corrected chi connectivity index (χ1v) is 10.7. The van der Waals surface area contributed by atoms with Crippen LogP contribution >= 0.6 is 0 Å². The van der Waals surface area contributed by atoms with Crippen molar-refractivity contribution in [1.29, 1.82) is 0 Å². The second-order valence-corrected chi connectivity index (χ2v) is 8.37. The van der Waals surface area contributed by atoms with E-state index < -0.39 is 11.7 Å². The highest BCUT2D eigenvalue weighted by Gasteiger charge is 2.34. The zero-order valence-corrected chi connectivity index (χ0v) is 18.0. The Morgan fingerprint density at radius 1 is 0.969 bits per heavy atom. The number of aryl methyl sites for hydroxylation is 1. The number of alkyl halides is 3. The predicted molar refractivity (Wildman–Crippen MR) is 117 cm³/mol. The molecule has 0 radical (unpaired) electrons. The van der Waals surface area contributed by atoms with Gasteiger partial charge in [-0.3, -0.25) is 0 Å². The summed E-state index contributed by atoms with van der Waals surface area (Å²) in [4.78, 5) is 0. The second kappa shape index (κ2) is 9.38. The lowest BCUT2D eigenvalue weighted by Crippen LogP contribution is -2.43. The van der Waals surface area contributed by atoms with Gasteiger partial charge in [0.05, 0.1) is 30.2 Å². The van der Waals surface area contributed by atoms with E-state index in [1.165, 1.54) is 5.56 Å². The molecule has 4 nitrogen and oxygen atoms in total. The number of hydrogen-bond acceptors (Lipinski definition) is 4. The number of hydrogen-bond donors (Lipinski definition) is 1. The molecule has 1 aliphatic heterocycles. The van der Waals surface area contributed by atoms with E-state index >= 15 is 0 Å². The fourth-order valence-corrected chi connectivity index (χ4v) is 4.22. The Labute approximate surface area is 185 Å². The Morgan fingerprint density at radius 2 is 1.72 bits per heavy atom. The van der Waals surface area contributed by atoms with Crippen LogP contribution in [0.2, 0.25) is 0 Å². The molecule has 0 saturated carbocycles. The Balaban J connectivity index is 1.56. The molecule has 1 aliphatic rings. The highest BCUT2D eigenvalue weighted by molar-refractivity contribution is 5.61. The van der Waals surface area contributed by atoms with Gasteiger partial charge in [0.15, 0.2) is 0 Å². The van der Waals surface area contributed by atoms with Crippen LogP contribution in [0.15, 0.2) is 60.7 Å². The lowest BCUT2D eigenvalue weighted by atomic mass is 9.74. The van der Waals surface area contributed by atoms with Gasteiger partial charge in [0.2, 0.25) is 0 Å². The second-order valence-electron chi connectivity index (χ2n) is 8.37. The normalized spacial score (nSPS) is 16.1. The van der Waals surface area contributed by atoms with Gasteiger partial charge in [-0.2, -0.15) is 23.4 Å². The van der Waals surface area contributed by atoms with Crippen molar-refractivity contribution in [2.45, 2.75) is 38.0 Å².